The third-order valence-electron chi connectivity index (χ3n) is 4.53. The minimum Gasteiger partial charge on any atom is -0.448 e. The molecule has 10 nitrogen and oxygen atoms in total. The highest BCUT2D eigenvalue weighted by molar-refractivity contribution is 8.86. The van der Waals surface area contributed by atoms with Crippen LogP contribution < -0.4 is 0 Å². The van der Waals surface area contributed by atoms with Gasteiger partial charge in [-0.05, 0) is 64.8 Å². The predicted octanol–water partition coefficient (Wildman–Crippen LogP) is 6.99. The van der Waals surface area contributed by atoms with E-state index in [1.807, 2.05) is 21.5 Å². The number of ether oxygens (including phenoxy) is 1. The lowest BCUT2D eigenvalue weighted by Gasteiger charge is -2.47. The summed E-state index contributed by atoms with van der Waals surface area (Å²) in [4.78, 5) is 29.8. The fraction of sp³-hybridized carbons (Fsp3) is 0.316. The average Bonchev–Trinajstić information content (AvgIpc) is 3.83. The first-order valence-electron chi connectivity index (χ1n) is 10.7. The molecule has 4 aromatic heterocycles. The zero-order valence-electron chi connectivity index (χ0n) is 20.1. The van der Waals surface area contributed by atoms with Gasteiger partial charge in [-0.2, -0.15) is 0 Å². The minimum absolute atomic E-state index is 0.641. The molecule has 1 atom stereocenters. The van der Waals surface area contributed by atoms with E-state index in [0.717, 1.165) is 34.9 Å². The number of aliphatic hydroxyl groups is 3. The van der Waals surface area contributed by atoms with Gasteiger partial charge < -0.3 is 20.1 Å². The van der Waals surface area contributed by atoms with E-state index in [1.54, 1.807) is 24.8 Å². The number of carbonyl (C=O) groups is 1. The Hall–Kier alpha value is 0.630. The zero-order chi connectivity index (χ0) is 29.0. The number of nitrogens with zero attached hydrogens (tertiary/aromatic N) is 4. The number of esters is 1. The Bertz CT molecular complexity index is 1220. The van der Waals surface area contributed by atoms with Gasteiger partial charge in [-0.15, -0.1) is 45.3 Å². The van der Waals surface area contributed by atoms with E-state index in [4.69, 9.17) is 8.92 Å². The van der Waals surface area contributed by atoms with Crippen molar-refractivity contribution in [1.29, 1.82) is 0 Å². The highest BCUT2D eigenvalue weighted by Crippen LogP contribution is 2.66. The number of hydrogen-bond donors (Lipinski definition) is 3. The molecule has 4 heterocycles. The Kier molecular flexibility index (Phi) is 15.1. The van der Waals surface area contributed by atoms with Crippen molar-refractivity contribution in [1.82, 2.24) is 19.9 Å². The van der Waals surface area contributed by atoms with Crippen molar-refractivity contribution in [2.75, 3.05) is 19.8 Å². The number of rotatable bonds is 19. The fourth-order valence-electron chi connectivity index (χ4n) is 2.57. The van der Waals surface area contributed by atoms with Crippen molar-refractivity contribution in [3.05, 3.63) is 46.3 Å². The first kappa shape index (κ1) is 34.5. The lowest BCUT2D eigenvalue weighted by molar-refractivity contribution is -0.159. The van der Waals surface area contributed by atoms with Crippen LogP contribution in [0.4, 0.5) is 0 Å². The van der Waals surface area contributed by atoms with Gasteiger partial charge >= 0.3 is 5.97 Å². The molecule has 0 bridgehead atoms. The van der Waals surface area contributed by atoms with Crippen molar-refractivity contribution in [2.24, 2.45) is 5.41 Å². The Labute approximate surface area is 282 Å². The molecule has 3 N–H and O–H groups in total. The first-order chi connectivity index (χ1) is 20.0. The summed E-state index contributed by atoms with van der Waals surface area (Å²) in [6.07, 6.45) is 6.69. The van der Waals surface area contributed by atoms with Gasteiger partial charge in [-0.1, -0.05) is 0 Å². The second-order valence-corrected chi connectivity index (χ2v) is 20.4. The van der Waals surface area contributed by atoms with Crippen LogP contribution >= 0.6 is 132 Å². The molecule has 0 aliphatic heterocycles. The summed E-state index contributed by atoms with van der Waals surface area (Å²) in [7, 11) is 8.68. The molecule has 0 spiro atoms. The van der Waals surface area contributed by atoms with E-state index >= 15 is 0 Å². The number of hydrogen-bond acceptors (Lipinski definition) is 22. The van der Waals surface area contributed by atoms with Crippen LogP contribution in [0.15, 0.2) is 63.7 Å². The molecule has 0 aliphatic carbocycles. The minimum atomic E-state index is -1.63. The molecule has 4 rings (SSSR count). The Morgan fingerprint density at radius 3 is 1.63 bits per heavy atom. The monoisotopic (exact) mass is 782 g/mol. The molecule has 1 unspecified atom stereocenters. The molecule has 4 aromatic rings. The van der Waals surface area contributed by atoms with Gasteiger partial charge in [0.2, 0.25) is 4.27 Å². The molecule has 0 aliphatic rings. The Morgan fingerprint density at radius 1 is 0.756 bits per heavy atom. The fourth-order valence-corrected chi connectivity index (χ4v) is 18.1. The summed E-state index contributed by atoms with van der Waals surface area (Å²) in [5.74, 6) is -0.914. The summed E-state index contributed by atoms with van der Waals surface area (Å²) < 4.78 is 13.6. The highest BCUT2D eigenvalue weighted by Gasteiger charge is 2.62. The number of thiazole rings is 4. The molecule has 0 radical (unpaired) electrons. The molecule has 22 heteroatoms. The molecular formula is C19H18N4O6S12. The Balaban J connectivity index is 1.75. The second-order valence-electron chi connectivity index (χ2n) is 6.95. The second kappa shape index (κ2) is 17.9. The number of aliphatic hydroxyl groups excluding tert-OH is 3. The summed E-state index contributed by atoms with van der Waals surface area (Å²) in [6, 6.07) is 0. The van der Waals surface area contributed by atoms with E-state index < -0.39 is 40.9 Å². The number of carbonyl (C=O) groups excluding carboxylic acids is 1. The van der Waals surface area contributed by atoms with Gasteiger partial charge in [0, 0.05) is 57.1 Å². The molecule has 41 heavy (non-hydrogen) atoms. The van der Waals surface area contributed by atoms with Crippen LogP contribution in [0.1, 0.15) is 0 Å². The third kappa shape index (κ3) is 9.56. The van der Waals surface area contributed by atoms with Gasteiger partial charge in [-0.25, -0.2) is 24.7 Å². The van der Waals surface area contributed by atoms with Crippen LogP contribution in [0, 0.1) is 5.41 Å². The van der Waals surface area contributed by atoms with Crippen LogP contribution in [-0.2, 0) is 13.7 Å². The van der Waals surface area contributed by atoms with Crippen LogP contribution in [0.5, 0.6) is 0 Å². The maximum atomic E-state index is 12.5. The molecule has 222 valence electrons. The molecule has 0 fully saturated rings. The van der Waals surface area contributed by atoms with Gasteiger partial charge in [-0.3, -0.25) is 4.18 Å². The largest absolute Gasteiger partial charge is 0.448 e. The van der Waals surface area contributed by atoms with Crippen LogP contribution in [-0.4, -0.2) is 70.7 Å². The van der Waals surface area contributed by atoms with Crippen LogP contribution in [0.25, 0.3) is 0 Å². The summed E-state index contributed by atoms with van der Waals surface area (Å²) in [6.45, 7) is -2.16. The summed E-state index contributed by atoms with van der Waals surface area (Å²) >= 11 is 6.72. The Morgan fingerprint density at radius 2 is 1.22 bits per heavy atom. The number of aromatic nitrogens is 4. The maximum Gasteiger partial charge on any atom is 0.332 e. The van der Waals surface area contributed by atoms with Crippen molar-refractivity contribution >= 4 is 138 Å². The van der Waals surface area contributed by atoms with Gasteiger partial charge in [0.15, 0.2) is 22.8 Å². The summed E-state index contributed by atoms with van der Waals surface area (Å²) in [5.41, 5.74) is -2.82. The SMILES string of the molecule is O=C(CO)OC(SSc1nccs1)C(CO)(CO)C(OSSc1nccs1)(SSc1nccs1)SSc1nccs1. The van der Waals surface area contributed by atoms with Crippen LogP contribution in [0.3, 0.4) is 0 Å². The topological polar surface area (TPSA) is 148 Å². The summed E-state index contributed by atoms with van der Waals surface area (Å²) in [5, 5.41) is 39.1. The van der Waals surface area contributed by atoms with E-state index in [-0.39, 0.29) is 0 Å². The van der Waals surface area contributed by atoms with E-state index in [0.29, 0.717) is 4.34 Å². The standard InChI is InChI=1S/C19H18N4O6S12/c24-9-12(27)28-13(34-35-14-20-1-5-30-14)18(10-25,11-26)19(39-36-15-21-2-6-31-15,40-37-16-22-3-7-32-16)29-41-38-17-23-4-8-33-17/h1-8,13,24-26H,9-11H2. The quantitative estimate of drug-likeness (QED) is 0.0388. The lowest BCUT2D eigenvalue weighted by atomic mass is 9.91. The van der Waals surface area contributed by atoms with Crippen molar-refractivity contribution in [3.8, 4) is 0 Å². The molecule has 0 saturated heterocycles. The smallest absolute Gasteiger partial charge is 0.332 e. The molecule has 0 saturated carbocycles. The normalized spacial score (nSPS) is 13.0. The van der Waals surface area contributed by atoms with Crippen molar-refractivity contribution < 1.29 is 29.0 Å². The van der Waals surface area contributed by atoms with E-state index in [9.17, 15) is 20.1 Å². The van der Waals surface area contributed by atoms with E-state index in [1.165, 1.54) is 110 Å². The molecular weight excluding hydrogens is 765 g/mol. The zero-order valence-corrected chi connectivity index (χ0v) is 29.9. The van der Waals surface area contributed by atoms with Crippen molar-refractivity contribution in [2.45, 2.75) is 27.1 Å². The predicted molar refractivity (Wildman–Crippen MR) is 180 cm³/mol. The van der Waals surface area contributed by atoms with E-state index in [2.05, 4.69) is 19.9 Å². The highest BCUT2D eigenvalue weighted by atomic mass is 33.1. The van der Waals surface area contributed by atoms with Crippen molar-refractivity contribution in [3.63, 3.8) is 0 Å². The first-order valence-corrected chi connectivity index (χ1v) is 22.8. The third-order valence-corrected chi connectivity index (χ3v) is 20.4. The maximum absolute atomic E-state index is 12.5. The molecule has 0 aromatic carbocycles. The van der Waals surface area contributed by atoms with Gasteiger partial charge in [0.05, 0.1) is 24.3 Å². The average molecular weight is 783 g/mol. The van der Waals surface area contributed by atoms with Gasteiger partial charge in [0.1, 0.15) is 12.0 Å². The van der Waals surface area contributed by atoms with Crippen LogP contribution in [0.2, 0.25) is 0 Å². The van der Waals surface area contributed by atoms with Gasteiger partial charge in [0.25, 0.3) is 0 Å². The molecule has 0 amide bonds. The lowest BCUT2D eigenvalue weighted by Crippen LogP contribution is -2.56.